The Labute approximate surface area is 124 Å². The second-order valence-corrected chi connectivity index (χ2v) is 5.30. The molecule has 0 saturated carbocycles. The number of nitrogens with two attached hydrogens (primary N) is 1. The lowest BCUT2D eigenvalue weighted by Crippen LogP contribution is -2.25. The van der Waals surface area contributed by atoms with Gasteiger partial charge in [-0.1, -0.05) is 36.4 Å². The van der Waals surface area contributed by atoms with Gasteiger partial charge in [-0.15, -0.1) is 0 Å². The quantitative estimate of drug-likeness (QED) is 0.669. The summed E-state index contributed by atoms with van der Waals surface area (Å²) in [6, 6.07) is 15.8. The molecule has 3 heteroatoms. The lowest BCUT2D eigenvalue weighted by molar-refractivity contribution is -0.117. The summed E-state index contributed by atoms with van der Waals surface area (Å²) in [6.07, 6.45) is 5.32. The van der Waals surface area contributed by atoms with E-state index < -0.39 is 0 Å². The summed E-state index contributed by atoms with van der Waals surface area (Å²) in [5.41, 5.74) is 10.0. The van der Waals surface area contributed by atoms with Crippen molar-refractivity contribution in [2.75, 3.05) is 5.73 Å². The third kappa shape index (κ3) is 3.14. The number of benzene rings is 2. The molecule has 0 bridgehead atoms. The molecule has 0 radical (unpaired) electrons. The standard InChI is InChI=1S/C18H18N2O/c19-15-8-9-16-14(12-15)7-10-17(16)20-18(21)11-6-13-4-2-1-3-5-13/h1-6,8-9,11-12,17H,7,10,19H2,(H,20,21). The van der Waals surface area contributed by atoms with E-state index in [0.29, 0.717) is 0 Å². The minimum atomic E-state index is -0.0615. The first kappa shape index (κ1) is 13.4. The number of hydrogen-bond acceptors (Lipinski definition) is 2. The fourth-order valence-electron chi connectivity index (χ4n) is 2.74. The fraction of sp³-hybridized carbons (Fsp3) is 0.167. The van der Waals surface area contributed by atoms with Crippen molar-refractivity contribution >= 4 is 17.7 Å². The largest absolute Gasteiger partial charge is 0.399 e. The molecule has 0 saturated heterocycles. The molecule has 106 valence electrons. The van der Waals surface area contributed by atoms with Crippen molar-refractivity contribution in [3.8, 4) is 0 Å². The second kappa shape index (κ2) is 5.83. The Hall–Kier alpha value is -2.55. The first-order valence-corrected chi connectivity index (χ1v) is 7.14. The van der Waals surface area contributed by atoms with Gasteiger partial charge in [0.2, 0.25) is 5.91 Å². The van der Waals surface area contributed by atoms with Gasteiger partial charge in [-0.2, -0.15) is 0 Å². The van der Waals surface area contributed by atoms with Crippen molar-refractivity contribution in [2.45, 2.75) is 18.9 Å². The Balaban J connectivity index is 1.66. The number of rotatable bonds is 3. The van der Waals surface area contributed by atoms with Gasteiger partial charge in [0.1, 0.15) is 0 Å². The lowest BCUT2D eigenvalue weighted by Gasteiger charge is -2.12. The van der Waals surface area contributed by atoms with Crippen LogP contribution in [0, 0.1) is 0 Å². The van der Waals surface area contributed by atoms with Crippen LogP contribution in [0.3, 0.4) is 0 Å². The normalized spacial score (nSPS) is 16.9. The average molecular weight is 278 g/mol. The van der Waals surface area contributed by atoms with Crippen LogP contribution in [0.1, 0.15) is 29.2 Å². The molecule has 0 aromatic heterocycles. The number of fused-ring (bicyclic) bond motifs is 1. The molecule has 0 heterocycles. The van der Waals surface area contributed by atoms with Crippen LogP contribution in [0.15, 0.2) is 54.6 Å². The minimum Gasteiger partial charge on any atom is -0.399 e. The average Bonchev–Trinajstić information content (AvgIpc) is 2.88. The van der Waals surface area contributed by atoms with E-state index in [1.807, 2.05) is 54.6 Å². The first-order valence-electron chi connectivity index (χ1n) is 7.14. The summed E-state index contributed by atoms with van der Waals surface area (Å²) in [5.74, 6) is -0.0615. The van der Waals surface area contributed by atoms with Crippen molar-refractivity contribution < 1.29 is 4.79 Å². The summed E-state index contributed by atoms with van der Waals surface area (Å²) >= 11 is 0. The summed E-state index contributed by atoms with van der Waals surface area (Å²) in [4.78, 5) is 12.0. The van der Waals surface area contributed by atoms with Gasteiger partial charge in [-0.3, -0.25) is 4.79 Å². The van der Waals surface area contributed by atoms with Crippen molar-refractivity contribution in [2.24, 2.45) is 0 Å². The molecule has 3 N–H and O–H groups in total. The maximum absolute atomic E-state index is 12.0. The summed E-state index contributed by atoms with van der Waals surface area (Å²) in [6.45, 7) is 0. The van der Waals surface area contributed by atoms with Gasteiger partial charge < -0.3 is 11.1 Å². The highest BCUT2D eigenvalue weighted by Gasteiger charge is 2.23. The summed E-state index contributed by atoms with van der Waals surface area (Å²) in [7, 11) is 0. The van der Waals surface area contributed by atoms with Crippen LogP contribution in [0.4, 0.5) is 5.69 Å². The monoisotopic (exact) mass is 278 g/mol. The van der Waals surface area contributed by atoms with Crippen LogP contribution < -0.4 is 11.1 Å². The van der Waals surface area contributed by atoms with Crippen LogP contribution in [-0.4, -0.2) is 5.91 Å². The molecule has 1 atom stereocenters. The highest BCUT2D eigenvalue weighted by molar-refractivity contribution is 5.92. The predicted molar refractivity (Wildman–Crippen MR) is 85.5 cm³/mol. The SMILES string of the molecule is Nc1ccc2c(c1)CCC2NC(=O)C=Cc1ccccc1. The lowest BCUT2D eigenvalue weighted by atomic mass is 10.1. The third-order valence-corrected chi connectivity index (χ3v) is 3.79. The molecule has 3 nitrogen and oxygen atoms in total. The molecule has 1 unspecified atom stereocenters. The Bertz CT molecular complexity index is 677. The van der Waals surface area contributed by atoms with E-state index in [1.165, 1.54) is 11.1 Å². The van der Waals surface area contributed by atoms with Gasteiger partial charge in [-0.05, 0) is 47.7 Å². The molecule has 1 amide bonds. The van der Waals surface area contributed by atoms with E-state index in [1.54, 1.807) is 6.08 Å². The van der Waals surface area contributed by atoms with Gasteiger partial charge in [0.15, 0.2) is 0 Å². The van der Waals surface area contributed by atoms with E-state index in [2.05, 4.69) is 5.32 Å². The Kier molecular flexibility index (Phi) is 3.73. The van der Waals surface area contributed by atoms with E-state index in [-0.39, 0.29) is 11.9 Å². The van der Waals surface area contributed by atoms with Gasteiger partial charge in [0.25, 0.3) is 0 Å². The maximum atomic E-state index is 12.0. The number of hydrogen-bond donors (Lipinski definition) is 2. The molecule has 1 aliphatic carbocycles. The first-order chi connectivity index (χ1) is 10.2. The number of nitrogen functional groups attached to an aromatic ring is 1. The van der Waals surface area contributed by atoms with Crippen LogP contribution in [0.2, 0.25) is 0 Å². The fourth-order valence-corrected chi connectivity index (χ4v) is 2.74. The Morgan fingerprint density at radius 2 is 2.00 bits per heavy atom. The molecule has 2 aromatic rings. The minimum absolute atomic E-state index is 0.0615. The number of carbonyl (C=O) groups is 1. The van der Waals surface area contributed by atoms with Gasteiger partial charge in [0, 0.05) is 11.8 Å². The number of aryl methyl sites for hydroxylation is 1. The van der Waals surface area contributed by atoms with Crippen LogP contribution >= 0.6 is 0 Å². The smallest absolute Gasteiger partial charge is 0.244 e. The van der Waals surface area contributed by atoms with Crippen molar-refractivity contribution in [1.82, 2.24) is 5.32 Å². The van der Waals surface area contributed by atoms with E-state index in [9.17, 15) is 4.79 Å². The van der Waals surface area contributed by atoms with Crippen LogP contribution in [-0.2, 0) is 11.2 Å². The second-order valence-electron chi connectivity index (χ2n) is 5.30. The number of nitrogens with one attached hydrogen (secondary N) is 1. The van der Waals surface area contributed by atoms with Gasteiger partial charge in [-0.25, -0.2) is 0 Å². The zero-order valence-corrected chi connectivity index (χ0v) is 11.8. The molecular formula is C18H18N2O. The van der Waals surface area contributed by atoms with Crippen molar-refractivity contribution in [1.29, 1.82) is 0 Å². The van der Waals surface area contributed by atoms with Gasteiger partial charge in [0.05, 0.1) is 6.04 Å². The molecule has 0 fully saturated rings. The number of anilines is 1. The zero-order chi connectivity index (χ0) is 14.7. The predicted octanol–water partition coefficient (Wildman–Crippen LogP) is 3.09. The summed E-state index contributed by atoms with van der Waals surface area (Å²) in [5, 5.41) is 3.06. The molecular weight excluding hydrogens is 260 g/mol. The van der Waals surface area contributed by atoms with Crippen LogP contribution in [0.5, 0.6) is 0 Å². The number of carbonyl (C=O) groups excluding carboxylic acids is 1. The van der Waals surface area contributed by atoms with E-state index in [0.717, 1.165) is 24.1 Å². The Morgan fingerprint density at radius 1 is 1.19 bits per heavy atom. The van der Waals surface area contributed by atoms with Crippen molar-refractivity contribution in [3.63, 3.8) is 0 Å². The molecule has 0 spiro atoms. The molecule has 3 rings (SSSR count). The zero-order valence-electron chi connectivity index (χ0n) is 11.8. The highest BCUT2D eigenvalue weighted by Crippen LogP contribution is 2.32. The molecule has 0 aliphatic heterocycles. The molecule has 2 aromatic carbocycles. The molecule has 1 aliphatic rings. The highest BCUT2D eigenvalue weighted by atomic mass is 16.1. The maximum Gasteiger partial charge on any atom is 0.244 e. The van der Waals surface area contributed by atoms with Crippen LogP contribution in [0.25, 0.3) is 6.08 Å². The van der Waals surface area contributed by atoms with Gasteiger partial charge >= 0.3 is 0 Å². The van der Waals surface area contributed by atoms with E-state index >= 15 is 0 Å². The van der Waals surface area contributed by atoms with Crippen molar-refractivity contribution in [3.05, 3.63) is 71.3 Å². The number of amides is 1. The summed E-state index contributed by atoms with van der Waals surface area (Å²) < 4.78 is 0. The Morgan fingerprint density at radius 3 is 2.81 bits per heavy atom. The third-order valence-electron chi connectivity index (χ3n) is 3.79. The van der Waals surface area contributed by atoms with E-state index in [4.69, 9.17) is 5.73 Å². The topological polar surface area (TPSA) is 55.1 Å². The molecule has 21 heavy (non-hydrogen) atoms.